The fraction of sp³-hybridized carbons (Fsp3) is 0.409. The van der Waals surface area contributed by atoms with Crippen molar-refractivity contribution in [1.82, 2.24) is 35.1 Å². The molecule has 9 nitrogen and oxygen atoms in total. The number of nitrogens with zero attached hydrogens (tertiary/aromatic N) is 8. The summed E-state index contributed by atoms with van der Waals surface area (Å²) in [4.78, 5) is 19.4. The van der Waals surface area contributed by atoms with Gasteiger partial charge in [-0.15, -0.1) is 21.9 Å². The number of carbonyl (C=O) groups is 1. The Labute approximate surface area is 190 Å². The normalized spacial score (nSPS) is 25.8. The summed E-state index contributed by atoms with van der Waals surface area (Å²) in [6.45, 7) is 3.39. The summed E-state index contributed by atoms with van der Waals surface area (Å²) in [7, 11) is 0. The second kappa shape index (κ2) is 7.95. The minimum absolute atomic E-state index is 0.195. The number of tetrazole rings is 1. The van der Waals surface area contributed by atoms with E-state index in [0.29, 0.717) is 11.1 Å². The summed E-state index contributed by atoms with van der Waals surface area (Å²) >= 11 is 1.83. The van der Waals surface area contributed by atoms with Gasteiger partial charge < -0.3 is 4.90 Å². The molecular weight excluding hydrogens is 424 g/mol. The summed E-state index contributed by atoms with van der Waals surface area (Å²) in [5.74, 6) is 3.93. The van der Waals surface area contributed by atoms with Crippen LogP contribution in [-0.4, -0.2) is 83.4 Å². The number of thioether (sulfide) groups is 1. The molecule has 0 N–H and O–H groups in total. The fourth-order valence-corrected chi connectivity index (χ4v) is 6.07. The first-order valence-corrected chi connectivity index (χ1v) is 12.2. The van der Waals surface area contributed by atoms with Crippen LogP contribution < -0.4 is 0 Å². The Morgan fingerprint density at radius 2 is 2.09 bits per heavy atom. The third kappa shape index (κ3) is 3.21. The van der Waals surface area contributed by atoms with E-state index in [1.165, 1.54) is 5.70 Å². The topological polar surface area (TPSA) is 80.0 Å². The first-order chi connectivity index (χ1) is 15.7. The molecule has 0 saturated carbocycles. The van der Waals surface area contributed by atoms with Gasteiger partial charge in [0, 0.05) is 49.7 Å². The van der Waals surface area contributed by atoms with Gasteiger partial charge in [0.2, 0.25) is 0 Å². The first kappa shape index (κ1) is 19.8. The van der Waals surface area contributed by atoms with Gasteiger partial charge in [0.25, 0.3) is 5.91 Å². The van der Waals surface area contributed by atoms with Crippen LogP contribution in [0.25, 0.3) is 5.82 Å². The highest BCUT2D eigenvalue weighted by molar-refractivity contribution is 7.99. The van der Waals surface area contributed by atoms with Crippen molar-refractivity contribution in [3.63, 3.8) is 0 Å². The molecule has 1 atom stereocenters. The maximum Gasteiger partial charge on any atom is 0.256 e. The average Bonchev–Trinajstić information content (AvgIpc) is 3.63. The number of rotatable bonds is 4. The molecule has 0 spiro atoms. The number of aromatic nitrogens is 5. The van der Waals surface area contributed by atoms with Gasteiger partial charge in [0.1, 0.15) is 12.7 Å². The second-order valence-electron chi connectivity index (χ2n) is 8.56. The first-order valence-electron chi connectivity index (χ1n) is 11.1. The number of carbonyl (C=O) groups excluding carboxylic acids is 1. The van der Waals surface area contributed by atoms with Gasteiger partial charge in [0.05, 0.1) is 11.4 Å². The Balaban J connectivity index is 1.17. The van der Waals surface area contributed by atoms with Crippen molar-refractivity contribution in [3.8, 4) is 5.82 Å². The SMILES string of the molecule is O=C(C1=CC2=CC=C[N@@+]2(N2CCC(c3nnnn3-c3ccccn3)CC2)C1)N1CCSC1. The zero-order chi connectivity index (χ0) is 21.5. The number of amides is 1. The largest absolute Gasteiger partial charge is 0.329 e. The Kier molecular flexibility index (Phi) is 4.93. The molecule has 0 unspecified atom stereocenters. The lowest BCUT2D eigenvalue weighted by molar-refractivity contribution is -0.949. The number of hydrogen-bond acceptors (Lipinski definition) is 7. The molecule has 0 radical (unpaired) electrons. The third-order valence-corrected chi connectivity index (χ3v) is 7.76. The van der Waals surface area contributed by atoms with Gasteiger partial charge in [-0.25, -0.2) is 4.98 Å². The standard InChI is InChI=1S/C22H25N8OS/c31-22(27-11-13-32-16-27)18-14-19-4-3-12-30(19,15-18)28-9-6-17(7-10-28)21-24-25-26-29(21)20-5-1-2-8-23-20/h1-5,8,12,14,17H,6-7,9-11,13,15-16H2/q+1/t30-/m1/s1. The van der Waals surface area contributed by atoms with E-state index in [4.69, 9.17) is 0 Å². The van der Waals surface area contributed by atoms with Gasteiger partial charge in [-0.05, 0) is 41.5 Å². The van der Waals surface area contributed by atoms with Crippen LogP contribution in [0, 0.1) is 0 Å². The van der Waals surface area contributed by atoms with Crippen molar-refractivity contribution >= 4 is 17.7 Å². The van der Waals surface area contributed by atoms with Crippen LogP contribution in [0.1, 0.15) is 24.6 Å². The lowest BCUT2D eigenvalue weighted by atomic mass is 9.96. The Hall–Kier alpha value is -2.82. The third-order valence-electron chi connectivity index (χ3n) is 6.80. The molecule has 1 amide bonds. The second-order valence-corrected chi connectivity index (χ2v) is 9.63. The van der Waals surface area contributed by atoms with Crippen LogP contribution in [0.4, 0.5) is 0 Å². The van der Waals surface area contributed by atoms with Gasteiger partial charge >= 0.3 is 0 Å². The number of allylic oxidation sites excluding steroid dienone is 3. The molecule has 2 aromatic heterocycles. The minimum atomic E-state index is 0.195. The number of hydrogen-bond donors (Lipinski definition) is 0. The maximum absolute atomic E-state index is 13.0. The predicted molar refractivity (Wildman–Crippen MR) is 120 cm³/mol. The predicted octanol–water partition coefficient (Wildman–Crippen LogP) is 1.85. The quantitative estimate of drug-likeness (QED) is 0.659. The number of piperidine rings is 1. The van der Waals surface area contributed by atoms with E-state index >= 15 is 0 Å². The average molecular weight is 450 g/mol. The van der Waals surface area contributed by atoms with Gasteiger partial charge in [-0.1, -0.05) is 6.07 Å². The van der Waals surface area contributed by atoms with Crippen LogP contribution in [-0.2, 0) is 4.79 Å². The van der Waals surface area contributed by atoms with Crippen LogP contribution >= 0.6 is 11.8 Å². The Morgan fingerprint density at radius 3 is 2.88 bits per heavy atom. The zero-order valence-electron chi connectivity index (χ0n) is 17.7. The molecular formula is C22H25N8OS+. The van der Waals surface area contributed by atoms with Crippen molar-refractivity contribution in [1.29, 1.82) is 0 Å². The van der Waals surface area contributed by atoms with Crippen molar-refractivity contribution in [3.05, 3.63) is 65.9 Å². The van der Waals surface area contributed by atoms with E-state index in [-0.39, 0.29) is 11.8 Å². The number of fused-ring (bicyclic) bond motifs is 1. The lowest BCUT2D eigenvalue weighted by Gasteiger charge is -2.42. The number of pyridine rings is 1. The van der Waals surface area contributed by atoms with E-state index < -0.39 is 0 Å². The smallest absolute Gasteiger partial charge is 0.256 e. The fourth-order valence-electron chi connectivity index (χ4n) is 5.12. The summed E-state index contributed by atoms with van der Waals surface area (Å²) in [6.07, 6.45) is 12.3. The van der Waals surface area contributed by atoms with Crippen molar-refractivity contribution in [2.45, 2.75) is 18.8 Å². The molecule has 2 fully saturated rings. The number of quaternary nitrogens is 1. The van der Waals surface area contributed by atoms with Crippen LogP contribution in [0.2, 0.25) is 0 Å². The summed E-state index contributed by atoms with van der Waals surface area (Å²) in [6, 6.07) is 5.76. The highest BCUT2D eigenvalue weighted by Gasteiger charge is 2.48. The lowest BCUT2D eigenvalue weighted by Crippen LogP contribution is -2.56. The highest BCUT2D eigenvalue weighted by Crippen LogP contribution is 2.40. The molecule has 4 aliphatic rings. The van der Waals surface area contributed by atoms with E-state index in [9.17, 15) is 4.79 Å². The van der Waals surface area contributed by atoms with Gasteiger partial charge in [-0.2, -0.15) is 9.27 Å². The summed E-state index contributed by atoms with van der Waals surface area (Å²) in [5, 5.41) is 14.9. The summed E-state index contributed by atoms with van der Waals surface area (Å²) in [5.41, 5.74) is 2.11. The molecule has 2 saturated heterocycles. The molecule has 10 heteroatoms. The monoisotopic (exact) mass is 449 g/mol. The minimum Gasteiger partial charge on any atom is -0.329 e. The molecule has 0 aliphatic carbocycles. The van der Waals surface area contributed by atoms with E-state index in [1.807, 2.05) is 34.9 Å². The molecule has 4 aliphatic heterocycles. The molecule has 32 heavy (non-hydrogen) atoms. The Bertz CT molecular complexity index is 1110. The molecule has 0 aromatic carbocycles. The molecule has 6 heterocycles. The summed E-state index contributed by atoms with van der Waals surface area (Å²) < 4.78 is 2.40. The maximum atomic E-state index is 13.0. The molecule has 164 valence electrons. The van der Waals surface area contributed by atoms with Gasteiger partial charge in [-0.3, -0.25) is 4.79 Å². The van der Waals surface area contributed by atoms with Crippen molar-refractivity contribution in [2.75, 3.05) is 37.8 Å². The highest BCUT2D eigenvalue weighted by atomic mass is 32.2. The van der Waals surface area contributed by atoms with Crippen LogP contribution in [0.15, 0.2) is 60.1 Å². The molecule has 2 aromatic rings. The van der Waals surface area contributed by atoms with Gasteiger partial charge in [0.15, 0.2) is 17.3 Å². The van der Waals surface area contributed by atoms with Crippen molar-refractivity contribution in [2.24, 2.45) is 0 Å². The molecule has 6 rings (SSSR count). The van der Waals surface area contributed by atoms with Crippen molar-refractivity contribution < 1.29 is 9.39 Å². The van der Waals surface area contributed by atoms with E-state index in [1.54, 1.807) is 10.9 Å². The van der Waals surface area contributed by atoms with E-state index in [2.05, 4.69) is 49.9 Å². The Morgan fingerprint density at radius 1 is 1.19 bits per heavy atom. The molecule has 0 bridgehead atoms. The van der Waals surface area contributed by atoms with E-state index in [0.717, 1.165) is 61.3 Å². The zero-order valence-corrected chi connectivity index (χ0v) is 18.6. The van der Waals surface area contributed by atoms with Crippen LogP contribution in [0.5, 0.6) is 0 Å². The van der Waals surface area contributed by atoms with Crippen LogP contribution in [0.3, 0.4) is 0 Å².